The Morgan fingerprint density at radius 3 is 2.81 bits per heavy atom. The summed E-state index contributed by atoms with van der Waals surface area (Å²) in [4.78, 5) is 16.3. The molecule has 2 heterocycles. The number of piperidine rings is 1. The number of nitro groups is 1. The van der Waals surface area contributed by atoms with Gasteiger partial charge in [0.2, 0.25) is 0 Å². The number of rotatable bonds is 3. The highest BCUT2D eigenvalue weighted by atomic mass is 16.6. The zero-order valence-corrected chi connectivity index (χ0v) is 14.9. The van der Waals surface area contributed by atoms with Crippen molar-refractivity contribution < 1.29 is 4.92 Å². The van der Waals surface area contributed by atoms with E-state index >= 15 is 0 Å². The first kappa shape index (κ1) is 16.9. The van der Waals surface area contributed by atoms with E-state index in [0.717, 1.165) is 60.3 Å². The third kappa shape index (κ3) is 2.92. The van der Waals surface area contributed by atoms with Gasteiger partial charge in [-0.05, 0) is 61.5 Å². The molecule has 0 saturated carbocycles. The summed E-state index contributed by atoms with van der Waals surface area (Å²) in [6.45, 7) is 4.05. The smallest absolute Gasteiger partial charge is 0.277 e. The van der Waals surface area contributed by atoms with Crippen LogP contribution in [-0.2, 0) is 6.42 Å². The third-order valence-corrected chi connectivity index (χ3v) is 5.65. The lowest BCUT2D eigenvalue weighted by Crippen LogP contribution is -2.32. The first-order chi connectivity index (χ1) is 12.7. The fourth-order valence-corrected chi connectivity index (χ4v) is 4.31. The first-order valence-electron chi connectivity index (χ1n) is 9.34. The van der Waals surface area contributed by atoms with Gasteiger partial charge in [0.1, 0.15) is 0 Å². The van der Waals surface area contributed by atoms with Crippen molar-refractivity contribution in [1.82, 2.24) is 10.3 Å². The molecule has 2 aromatic rings. The van der Waals surface area contributed by atoms with Gasteiger partial charge in [0, 0.05) is 23.8 Å². The van der Waals surface area contributed by atoms with E-state index in [1.807, 2.05) is 18.2 Å². The monoisotopic (exact) mass is 349 g/mol. The Bertz CT molecular complexity index is 869. The number of pyridine rings is 1. The Balaban J connectivity index is 1.97. The molecule has 1 N–H and O–H groups in total. The molecule has 26 heavy (non-hydrogen) atoms. The summed E-state index contributed by atoms with van der Waals surface area (Å²) in [6, 6.07) is 10.0. The number of hydrogen-bond donors (Lipinski definition) is 1. The highest BCUT2D eigenvalue weighted by Crippen LogP contribution is 2.43. The molecule has 134 valence electrons. The average Bonchev–Trinajstić information content (AvgIpc) is 2.82. The lowest BCUT2D eigenvalue weighted by molar-refractivity contribution is -0.374. The van der Waals surface area contributed by atoms with Crippen molar-refractivity contribution in [2.75, 3.05) is 13.1 Å². The van der Waals surface area contributed by atoms with Crippen LogP contribution in [0.4, 0.5) is 0 Å². The lowest BCUT2D eigenvalue weighted by atomic mass is 9.76. The number of fused-ring (bicyclic) bond motifs is 2. The zero-order valence-electron chi connectivity index (χ0n) is 14.9. The van der Waals surface area contributed by atoms with E-state index in [0.29, 0.717) is 5.92 Å². The van der Waals surface area contributed by atoms with Gasteiger partial charge in [-0.1, -0.05) is 25.1 Å². The minimum absolute atomic E-state index is 0.0999. The van der Waals surface area contributed by atoms with E-state index in [9.17, 15) is 10.1 Å². The molecule has 1 fully saturated rings. The second kappa shape index (κ2) is 7.00. The molecule has 1 aliphatic carbocycles. The maximum atomic E-state index is 11.9. The Morgan fingerprint density at radius 2 is 2.08 bits per heavy atom. The van der Waals surface area contributed by atoms with Gasteiger partial charge in [-0.3, -0.25) is 15.1 Å². The van der Waals surface area contributed by atoms with Crippen LogP contribution in [0.3, 0.4) is 0 Å². The van der Waals surface area contributed by atoms with Crippen molar-refractivity contribution in [3.63, 3.8) is 0 Å². The van der Waals surface area contributed by atoms with Crippen molar-refractivity contribution >= 4 is 11.8 Å². The molecular formula is C21H23N3O2. The van der Waals surface area contributed by atoms with E-state index in [4.69, 9.17) is 0 Å². The Kier molecular flexibility index (Phi) is 4.55. The van der Waals surface area contributed by atoms with Crippen LogP contribution in [0.15, 0.2) is 36.5 Å². The lowest BCUT2D eigenvalue weighted by Gasteiger charge is -2.31. The molecule has 1 aromatic heterocycles. The molecule has 5 heteroatoms. The van der Waals surface area contributed by atoms with E-state index in [2.05, 4.69) is 29.4 Å². The molecule has 0 amide bonds. The van der Waals surface area contributed by atoms with Gasteiger partial charge in [0.25, 0.3) is 5.70 Å². The molecule has 5 nitrogen and oxygen atoms in total. The number of aromatic nitrogens is 1. The summed E-state index contributed by atoms with van der Waals surface area (Å²) in [6.07, 6.45) is 6.49. The minimum Gasteiger partial charge on any atom is -0.317 e. The molecule has 1 aliphatic heterocycles. The fraction of sp³-hybridized carbons (Fsp3) is 0.381. The minimum atomic E-state index is -0.250. The van der Waals surface area contributed by atoms with E-state index < -0.39 is 0 Å². The van der Waals surface area contributed by atoms with Gasteiger partial charge in [0.05, 0.1) is 16.2 Å². The van der Waals surface area contributed by atoms with Gasteiger partial charge in [0.15, 0.2) is 0 Å². The molecule has 0 spiro atoms. The van der Waals surface area contributed by atoms with E-state index in [1.165, 1.54) is 0 Å². The predicted molar refractivity (Wildman–Crippen MR) is 102 cm³/mol. The molecule has 1 atom stereocenters. The zero-order chi connectivity index (χ0) is 18.1. The highest BCUT2D eigenvalue weighted by molar-refractivity contribution is 5.81. The van der Waals surface area contributed by atoms with Crippen LogP contribution in [0.2, 0.25) is 0 Å². The number of nitrogens with one attached hydrogen (secondary N) is 1. The second-order valence-corrected chi connectivity index (χ2v) is 7.10. The molecule has 4 rings (SSSR count). The number of aryl methyl sites for hydroxylation is 1. The molecule has 1 saturated heterocycles. The van der Waals surface area contributed by atoms with Gasteiger partial charge in [-0.2, -0.15) is 0 Å². The van der Waals surface area contributed by atoms with Gasteiger partial charge >= 0.3 is 0 Å². The number of nitrogens with zero attached hydrogens (tertiary/aromatic N) is 2. The third-order valence-electron chi connectivity index (χ3n) is 5.65. The summed E-state index contributed by atoms with van der Waals surface area (Å²) in [5.74, 6) is 0.540. The normalized spacial score (nSPS) is 19.9. The molecule has 0 radical (unpaired) electrons. The number of benzene rings is 1. The summed E-state index contributed by atoms with van der Waals surface area (Å²) >= 11 is 0. The van der Waals surface area contributed by atoms with Crippen LogP contribution in [0, 0.1) is 16.0 Å². The summed E-state index contributed by atoms with van der Waals surface area (Å²) in [7, 11) is 0. The van der Waals surface area contributed by atoms with Crippen molar-refractivity contribution in [2.45, 2.75) is 32.1 Å². The Morgan fingerprint density at radius 1 is 1.27 bits per heavy atom. The fourth-order valence-electron chi connectivity index (χ4n) is 4.31. The van der Waals surface area contributed by atoms with E-state index in [1.54, 1.807) is 12.3 Å². The Hall–Kier alpha value is -2.53. The second-order valence-electron chi connectivity index (χ2n) is 7.10. The van der Waals surface area contributed by atoms with Crippen LogP contribution in [-0.4, -0.2) is 23.0 Å². The van der Waals surface area contributed by atoms with Crippen molar-refractivity contribution in [1.29, 1.82) is 0 Å². The molecule has 2 aliphatic rings. The van der Waals surface area contributed by atoms with Crippen LogP contribution in [0.25, 0.3) is 11.8 Å². The van der Waals surface area contributed by atoms with Crippen molar-refractivity contribution in [3.05, 3.63) is 74.6 Å². The van der Waals surface area contributed by atoms with Gasteiger partial charge < -0.3 is 5.32 Å². The maximum absolute atomic E-state index is 11.9. The largest absolute Gasteiger partial charge is 0.317 e. The molecular weight excluding hydrogens is 326 g/mol. The van der Waals surface area contributed by atoms with Crippen molar-refractivity contribution in [3.8, 4) is 0 Å². The molecule has 1 unspecified atom stereocenters. The summed E-state index contributed by atoms with van der Waals surface area (Å²) < 4.78 is 0. The van der Waals surface area contributed by atoms with Gasteiger partial charge in [-0.25, -0.2) is 0 Å². The van der Waals surface area contributed by atoms with Crippen LogP contribution >= 0.6 is 0 Å². The van der Waals surface area contributed by atoms with Crippen molar-refractivity contribution in [2.24, 2.45) is 5.92 Å². The molecule has 1 aromatic carbocycles. The summed E-state index contributed by atoms with van der Waals surface area (Å²) in [5.41, 5.74) is 4.96. The van der Waals surface area contributed by atoms with Crippen LogP contribution in [0.5, 0.6) is 0 Å². The first-order valence-corrected chi connectivity index (χ1v) is 9.34. The van der Waals surface area contributed by atoms with Gasteiger partial charge in [-0.15, -0.1) is 0 Å². The molecule has 0 bridgehead atoms. The highest BCUT2D eigenvalue weighted by Gasteiger charge is 2.35. The predicted octanol–water partition coefficient (Wildman–Crippen LogP) is 3.86. The Labute approximate surface area is 153 Å². The van der Waals surface area contributed by atoms with E-state index in [-0.39, 0.29) is 16.5 Å². The standard InChI is InChI=1S/C21H23N3O2/c1-2-14-5-6-17-18(12-14)19(24(25)26)13-16-4-3-9-23-21(16)20(17)15-7-10-22-11-8-15/h3-6,9,12-13,15,20,22H,2,7-8,10-11H2,1H3. The van der Waals surface area contributed by atoms with Crippen LogP contribution in [0.1, 0.15) is 53.6 Å². The number of hydrogen-bond acceptors (Lipinski definition) is 4. The van der Waals surface area contributed by atoms with Crippen LogP contribution < -0.4 is 5.32 Å². The SMILES string of the molecule is CCc1ccc2c(c1)C([N+](=O)[O-])=Cc1cccnc1C2C1CCNCC1. The maximum Gasteiger partial charge on any atom is 0.277 e. The quantitative estimate of drug-likeness (QED) is 0.675. The topological polar surface area (TPSA) is 68.1 Å². The summed E-state index contributed by atoms with van der Waals surface area (Å²) in [5, 5.41) is 15.3. The average molecular weight is 349 g/mol.